The molecule has 0 aromatic carbocycles. The molecule has 1 fully saturated rings. The average Bonchev–Trinajstić information content (AvgIpc) is 2.88. The van der Waals surface area contributed by atoms with E-state index in [0.717, 1.165) is 0 Å². The molecule has 0 aromatic heterocycles. The molecule has 1 aliphatic carbocycles. The lowest BCUT2D eigenvalue weighted by Crippen LogP contribution is -1.93. The lowest BCUT2D eigenvalue weighted by Gasteiger charge is -2.05. The Bertz CT molecular complexity index is 61.0. The summed E-state index contributed by atoms with van der Waals surface area (Å²) in [5, 5.41) is 0. The van der Waals surface area contributed by atoms with Crippen LogP contribution >= 0.6 is 0 Å². The van der Waals surface area contributed by atoms with Crippen LogP contribution < -0.4 is 0 Å². The van der Waals surface area contributed by atoms with Crippen molar-refractivity contribution in [2.24, 2.45) is 5.41 Å². The van der Waals surface area contributed by atoms with Crippen LogP contribution in [0.4, 0.5) is 0 Å². The van der Waals surface area contributed by atoms with Gasteiger partial charge in [0.1, 0.15) is 0 Å². The minimum Gasteiger partial charge on any atom is -0.0656 e. The van der Waals surface area contributed by atoms with Crippen molar-refractivity contribution in [3.8, 4) is 0 Å². The van der Waals surface area contributed by atoms with Gasteiger partial charge in [0, 0.05) is 0 Å². The number of rotatable bonds is 0. The molecule has 0 bridgehead atoms. The third-order valence-electron chi connectivity index (χ3n) is 0.354. The van der Waals surface area contributed by atoms with Crippen molar-refractivity contribution in [2.75, 3.05) is 0 Å². The van der Waals surface area contributed by atoms with Gasteiger partial charge in [-0.15, -0.1) is 0 Å². The van der Waals surface area contributed by atoms with Crippen molar-refractivity contribution in [3.05, 3.63) is 0 Å². The van der Waals surface area contributed by atoms with Crippen molar-refractivity contribution in [2.45, 2.75) is 108 Å². The Morgan fingerprint density at radius 3 is 0.588 bits per heavy atom. The molecule has 0 aliphatic heterocycles. The maximum atomic E-state index is 2.19. The summed E-state index contributed by atoms with van der Waals surface area (Å²) in [5.41, 5.74) is 0.500. The first-order valence-electron chi connectivity index (χ1n) is 7.74. The van der Waals surface area contributed by atoms with Crippen molar-refractivity contribution in [3.63, 3.8) is 0 Å². The Labute approximate surface area is 114 Å². The monoisotopic (exact) mass is 246 g/mol. The highest BCUT2D eigenvalue weighted by molar-refractivity contribution is 4.50. The summed E-state index contributed by atoms with van der Waals surface area (Å²) in [6.07, 6.45) is 8.25. The highest BCUT2D eigenvalue weighted by Crippen LogP contribution is 2.14. The van der Waals surface area contributed by atoms with E-state index in [2.05, 4.69) is 69.2 Å². The molecule has 0 radical (unpaired) electrons. The second kappa shape index (κ2) is 25.0. The van der Waals surface area contributed by atoms with Gasteiger partial charge in [0.25, 0.3) is 0 Å². The summed E-state index contributed by atoms with van der Waals surface area (Å²) < 4.78 is 0. The summed E-state index contributed by atoms with van der Waals surface area (Å²) in [7, 11) is 0. The molecule has 0 nitrogen and oxygen atoms in total. The van der Waals surface area contributed by atoms with E-state index in [4.69, 9.17) is 0 Å². The predicted molar refractivity (Wildman–Crippen MR) is 86.9 cm³/mol. The molecule has 0 heterocycles. The van der Waals surface area contributed by atoms with Gasteiger partial charge in [-0.2, -0.15) is 0 Å². The first-order chi connectivity index (χ1) is 7.74. The second-order valence-corrected chi connectivity index (χ2v) is 6.18. The molecule has 0 amide bonds. The van der Waals surface area contributed by atoms with Crippen LogP contribution in [0.1, 0.15) is 108 Å². The van der Waals surface area contributed by atoms with E-state index in [0.29, 0.717) is 5.41 Å². The maximum absolute atomic E-state index is 2.19. The topological polar surface area (TPSA) is 0 Å². The van der Waals surface area contributed by atoms with E-state index < -0.39 is 0 Å². The van der Waals surface area contributed by atoms with Crippen molar-refractivity contribution < 1.29 is 0 Å². The average molecular weight is 247 g/mol. The quantitative estimate of drug-likeness (QED) is 0.416. The van der Waals surface area contributed by atoms with Gasteiger partial charge in [-0.3, -0.25) is 0 Å². The lowest BCUT2D eigenvalue weighted by molar-refractivity contribution is 0.469. The summed E-state index contributed by atoms with van der Waals surface area (Å²) >= 11 is 0. The van der Waals surface area contributed by atoms with Gasteiger partial charge >= 0.3 is 0 Å². The Kier molecular flexibility index (Phi) is 37.9. The summed E-state index contributed by atoms with van der Waals surface area (Å²) in [6.45, 7) is 21.5. The van der Waals surface area contributed by atoms with Crippen molar-refractivity contribution in [1.29, 1.82) is 0 Å². The highest BCUT2D eigenvalue weighted by Gasteiger charge is 1.95. The summed E-state index contributed by atoms with van der Waals surface area (Å²) in [4.78, 5) is 0. The molecule has 0 spiro atoms. The van der Waals surface area contributed by atoms with E-state index in [1.807, 2.05) is 0 Å². The number of hydrogen-bond acceptors (Lipinski definition) is 0. The van der Waals surface area contributed by atoms with Gasteiger partial charge in [0.15, 0.2) is 0 Å². The standard InChI is InChI=1S/C5H12.C3H6.3C3H8/c1-5(2,3)4;1-2-3-1;3*1-3-2/h1-4H3;1-3H2;3*3H2,1-2H3. The van der Waals surface area contributed by atoms with Crippen molar-refractivity contribution in [1.82, 2.24) is 0 Å². The minimum absolute atomic E-state index is 0.500. The van der Waals surface area contributed by atoms with E-state index in [1.54, 1.807) is 0 Å². The van der Waals surface area contributed by atoms with Crippen LogP contribution in [-0.2, 0) is 0 Å². The normalized spacial score (nSPS) is 10.9. The zero-order valence-corrected chi connectivity index (χ0v) is 14.7. The molecule has 0 unspecified atom stereocenters. The fourth-order valence-electron chi connectivity index (χ4n) is 0. The molecule has 0 saturated heterocycles. The third kappa shape index (κ3) is 3140. The second-order valence-electron chi connectivity index (χ2n) is 6.18. The molecule has 0 heteroatoms. The SMILES string of the molecule is C1CC1.CC(C)(C)C.CCC.CCC.CCC. The van der Waals surface area contributed by atoms with Gasteiger partial charge in [-0.05, 0) is 5.41 Å². The van der Waals surface area contributed by atoms with Crippen LogP contribution in [-0.4, -0.2) is 0 Å². The van der Waals surface area contributed by atoms with Crippen LogP contribution in [0.2, 0.25) is 0 Å². The van der Waals surface area contributed by atoms with Gasteiger partial charge in [0.2, 0.25) is 0 Å². The largest absolute Gasteiger partial charge is 0.0656 e. The third-order valence-corrected chi connectivity index (χ3v) is 0.354. The van der Waals surface area contributed by atoms with Gasteiger partial charge in [-0.1, -0.05) is 108 Å². The zero-order valence-electron chi connectivity index (χ0n) is 14.7. The van der Waals surface area contributed by atoms with E-state index in [1.165, 1.54) is 38.5 Å². The zero-order chi connectivity index (χ0) is 14.7. The minimum atomic E-state index is 0.500. The Morgan fingerprint density at radius 2 is 0.588 bits per heavy atom. The first kappa shape index (κ1) is 25.8. The molecular weight excluding hydrogens is 204 g/mol. The smallest absolute Gasteiger partial charge is 0.0411 e. The first-order valence-corrected chi connectivity index (χ1v) is 7.74. The van der Waals surface area contributed by atoms with E-state index in [-0.39, 0.29) is 0 Å². The van der Waals surface area contributed by atoms with Crippen LogP contribution in [0, 0.1) is 5.41 Å². The van der Waals surface area contributed by atoms with Crippen LogP contribution in [0.25, 0.3) is 0 Å². The molecule has 1 aliphatic rings. The van der Waals surface area contributed by atoms with Gasteiger partial charge < -0.3 is 0 Å². The van der Waals surface area contributed by atoms with Gasteiger partial charge in [-0.25, -0.2) is 0 Å². The Hall–Kier alpha value is 0. The fourth-order valence-corrected chi connectivity index (χ4v) is 0. The van der Waals surface area contributed by atoms with Crippen LogP contribution in [0.3, 0.4) is 0 Å². The maximum Gasteiger partial charge on any atom is -0.0411 e. The molecule has 1 saturated carbocycles. The molecule has 1 rings (SSSR count). The Morgan fingerprint density at radius 1 is 0.529 bits per heavy atom. The van der Waals surface area contributed by atoms with E-state index >= 15 is 0 Å². The molecule has 0 atom stereocenters. The van der Waals surface area contributed by atoms with Crippen LogP contribution in [0.15, 0.2) is 0 Å². The molecular formula is C17H42. The Balaban J connectivity index is -0.0000000635. The van der Waals surface area contributed by atoms with E-state index in [9.17, 15) is 0 Å². The van der Waals surface area contributed by atoms with Crippen LogP contribution in [0.5, 0.6) is 0 Å². The fraction of sp³-hybridized carbons (Fsp3) is 1.00. The van der Waals surface area contributed by atoms with Gasteiger partial charge in [0.05, 0.1) is 0 Å². The number of hydrogen-bond donors (Lipinski definition) is 0. The molecule has 17 heavy (non-hydrogen) atoms. The molecule has 0 aromatic rings. The lowest BCUT2D eigenvalue weighted by atomic mass is 10.0. The van der Waals surface area contributed by atoms with Crippen molar-refractivity contribution >= 4 is 0 Å². The summed E-state index contributed by atoms with van der Waals surface area (Å²) in [5.74, 6) is 0. The molecule has 0 N–H and O–H groups in total. The summed E-state index contributed by atoms with van der Waals surface area (Å²) in [6, 6.07) is 0. The highest BCUT2D eigenvalue weighted by atomic mass is 14.0. The molecule has 110 valence electrons. The predicted octanol–water partition coefficient (Wildman–Crippen LogP) is 7.47.